The summed E-state index contributed by atoms with van der Waals surface area (Å²) in [6.45, 7) is 12.1. The van der Waals surface area contributed by atoms with Crippen LogP contribution in [0.4, 0.5) is 0 Å². The number of ether oxygens (including phenoxy) is 1. The molecule has 2 aliphatic rings. The zero-order valence-corrected chi connectivity index (χ0v) is 15.1. The van der Waals surface area contributed by atoms with Crippen LogP contribution in [0, 0.1) is 17.3 Å². The van der Waals surface area contributed by atoms with Crippen LogP contribution in [0.1, 0.15) is 54.4 Å². The molecule has 0 saturated heterocycles. The Hall–Kier alpha value is -1.64. The van der Waals surface area contributed by atoms with Gasteiger partial charge in [0.1, 0.15) is 6.10 Å². The van der Waals surface area contributed by atoms with Crippen molar-refractivity contribution in [1.82, 2.24) is 0 Å². The van der Waals surface area contributed by atoms with E-state index in [1.165, 1.54) is 5.57 Å². The van der Waals surface area contributed by atoms with Crippen LogP contribution in [-0.4, -0.2) is 17.9 Å². The van der Waals surface area contributed by atoms with Crippen LogP contribution in [0.25, 0.3) is 0 Å². The zero-order chi connectivity index (χ0) is 17.4. The molecule has 1 saturated carbocycles. The molecule has 2 aliphatic carbocycles. The van der Waals surface area contributed by atoms with Crippen molar-refractivity contribution in [3.8, 4) is 0 Å². The largest absolute Gasteiger partial charge is 0.457 e. The number of esters is 1. The summed E-state index contributed by atoms with van der Waals surface area (Å²) in [6.07, 6.45) is 6.61. The third kappa shape index (κ3) is 3.49. The second kappa shape index (κ2) is 6.46. The molecule has 0 unspecified atom stereocenters. The molecular weight excluding hydrogens is 288 g/mol. The molecule has 2 rings (SSSR count). The van der Waals surface area contributed by atoms with Crippen molar-refractivity contribution in [3.63, 3.8) is 0 Å². The van der Waals surface area contributed by atoms with Gasteiger partial charge in [-0.1, -0.05) is 37.6 Å². The van der Waals surface area contributed by atoms with E-state index in [0.29, 0.717) is 12.8 Å². The maximum absolute atomic E-state index is 12.5. The van der Waals surface area contributed by atoms with E-state index >= 15 is 0 Å². The number of ketones is 1. The highest BCUT2D eigenvalue weighted by atomic mass is 16.5. The molecule has 0 bridgehead atoms. The SMILES string of the molecule is C/C=C/CC1=C(C)[C@H](OC(=O)[C@@H]2[C@@H](C=C(C)C)C2(C)C)CC1=O. The van der Waals surface area contributed by atoms with E-state index < -0.39 is 0 Å². The van der Waals surface area contributed by atoms with Gasteiger partial charge in [0, 0.05) is 5.57 Å². The van der Waals surface area contributed by atoms with Crippen molar-refractivity contribution in [2.45, 2.75) is 60.5 Å². The summed E-state index contributed by atoms with van der Waals surface area (Å²) < 4.78 is 5.70. The molecule has 0 radical (unpaired) electrons. The zero-order valence-electron chi connectivity index (χ0n) is 15.1. The van der Waals surface area contributed by atoms with E-state index in [1.54, 1.807) is 0 Å². The van der Waals surface area contributed by atoms with Crippen molar-refractivity contribution in [1.29, 1.82) is 0 Å². The summed E-state index contributed by atoms with van der Waals surface area (Å²) in [4.78, 5) is 24.7. The molecule has 0 aromatic carbocycles. The molecule has 0 heterocycles. The van der Waals surface area contributed by atoms with Crippen LogP contribution in [-0.2, 0) is 14.3 Å². The van der Waals surface area contributed by atoms with Gasteiger partial charge in [-0.05, 0) is 51.0 Å². The number of carbonyl (C=O) groups is 2. The topological polar surface area (TPSA) is 43.4 Å². The highest BCUT2D eigenvalue weighted by Crippen LogP contribution is 2.60. The first kappa shape index (κ1) is 17.7. The van der Waals surface area contributed by atoms with Crippen molar-refractivity contribution >= 4 is 11.8 Å². The van der Waals surface area contributed by atoms with E-state index in [0.717, 1.165) is 11.1 Å². The van der Waals surface area contributed by atoms with E-state index in [1.807, 2.05) is 39.8 Å². The normalized spacial score (nSPS) is 29.1. The fourth-order valence-corrected chi connectivity index (χ4v) is 3.51. The lowest BCUT2D eigenvalue weighted by molar-refractivity contribution is -0.150. The smallest absolute Gasteiger partial charge is 0.310 e. The van der Waals surface area contributed by atoms with Crippen molar-refractivity contribution < 1.29 is 14.3 Å². The molecule has 0 amide bonds. The molecule has 0 spiro atoms. The fraction of sp³-hybridized carbons (Fsp3) is 0.600. The van der Waals surface area contributed by atoms with Gasteiger partial charge in [0.2, 0.25) is 0 Å². The first-order valence-electron chi connectivity index (χ1n) is 8.39. The molecule has 3 nitrogen and oxygen atoms in total. The lowest BCUT2D eigenvalue weighted by Gasteiger charge is -2.13. The van der Waals surface area contributed by atoms with E-state index in [9.17, 15) is 9.59 Å². The Morgan fingerprint density at radius 1 is 1.35 bits per heavy atom. The quantitative estimate of drug-likeness (QED) is 0.558. The first-order chi connectivity index (χ1) is 10.7. The second-order valence-corrected chi connectivity index (χ2v) is 7.56. The van der Waals surface area contributed by atoms with Crippen LogP contribution < -0.4 is 0 Å². The van der Waals surface area contributed by atoms with Crippen molar-refractivity contribution in [2.75, 3.05) is 0 Å². The highest BCUT2D eigenvalue weighted by Gasteiger charge is 2.61. The molecule has 23 heavy (non-hydrogen) atoms. The first-order valence-corrected chi connectivity index (χ1v) is 8.39. The lowest BCUT2D eigenvalue weighted by Crippen LogP contribution is -2.20. The van der Waals surface area contributed by atoms with E-state index in [4.69, 9.17) is 4.74 Å². The van der Waals surface area contributed by atoms with Gasteiger partial charge in [-0.25, -0.2) is 0 Å². The minimum absolute atomic E-state index is 0.0532. The van der Waals surface area contributed by atoms with Gasteiger partial charge in [-0.2, -0.15) is 0 Å². The summed E-state index contributed by atoms with van der Waals surface area (Å²) in [5.74, 6) is 0.0833. The van der Waals surface area contributed by atoms with Gasteiger partial charge in [-0.15, -0.1) is 0 Å². The molecule has 0 N–H and O–H groups in total. The molecule has 0 aromatic rings. The van der Waals surface area contributed by atoms with E-state index in [-0.39, 0.29) is 35.1 Å². The predicted molar refractivity (Wildman–Crippen MR) is 91.8 cm³/mol. The molecule has 1 fully saturated rings. The molecule has 3 heteroatoms. The second-order valence-electron chi connectivity index (χ2n) is 7.56. The van der Waals surface area contributed by atoms with Gasteiger partial charge < -0.3 is 4.74 Å². The molecule has 126 valence electrons. The Morgan fingerprint density at radius 3 is 2.57 bits per heavy atom. The van der Waals surface area contributed by atoms with Crippen LogP contribution >= 0.6 is 0 Å². The third-order valence-electron chi connectivity index (χ3n) is 5.16. The Bertz CT molecular complexity index is 600. The number of carbonyl (C=O) groups excluding carboxylic acids is 2. The Kier molecular flexibility index (Phi) is 4.98. The summed E-state index contributed by atoms with van der Waals surface area (Å²) in [5.41, 5.74) is 2.89. The van der Waals surface area contributed by atoms with Crippen LogP contribution in [0.3, 0.4) is 0 Å². The van der Waals surface area contributed by atoms with Gasteiger partial charge >= 0.3 is 5.97 Å². The van der Waals surface area contributed by atoms with Crippen LogP contribution in [0.15, 0.2) is 34.9 Å². The van der Waals surface area contributed by atoms with Crippen molar-refractivity contribution in [2.24, 2.45) is 17.3 Å². The minimum Gasteiger partial charge on any atom is -0.457 e. The molecule has 0 aromatic heterocycles. The summed E-state index contributed by atoms with van der Waals surface area (Å²) in [7, 11) is 0. The average Bonchev–Trinajstić information content (AvgIpc) is 2.86. The van der Waals surface area contributed by atoms with Crippen molar-refractivity contribution in [3.05, 3.63) is 34.9 Å². The average molecular weight is 316 g/mol. The maximum Gasteiger partial charge on any atom is 0.310 e. The highest BCUT2D eigenvalue weighted by molar-refractivity contribution is 6.00. The standard InChI is InChI=1S/C20H28O3/c1-7-8-9-14-13(4)17(11-16(14)21)23-19(22)18-15(10-12(2)3)20(18,5)6/h7-8,10,15,17-18H,9,11H2,1-6H3/b8-7+/t15-,17-,18+/m1/s1. The Balaban J connectivity index is 2.06. The summed E-state index contributed by atoms with van der Waals surface area (Å²) in [5, 5.41) is 0. The van der Waals surface area contributed by atoms with Gasteiger partial charge in [0.25, 0.3) is 0 Å². The number of rotatable bonds is 5. The number of hydrogen-bond donors (Lipinski definition) is 0. The maximum atomic E-state index is 12.5. The third-order valence-corrected chi connectivity index (χ3v) is 5.16. The number of hydrogen-bond acceptors (Lipinski definition) is 3. The monoisotopic (exact) mass is 316 g/mol. The Morgan fingerprint density at radius 2 is 2.00 bits per heavy atom. The molecule has 3 atom stereocenters. The van der Waals surface area contributed by atoms with Crippen LogP contribution in [0.2, 0.25) is 0 Å². The van der Waals surface area contributed by atoms with Gasteiger partial charge in [0.05, 0.1) is 12.3 Å². The molecular formula is C20H28O3. The van der Waals surface area contributed by atoms with Gasteiger partial charge in [0.15, 0.2) is 5.78 Å². The number of Topliss-reactive ketones (excluding diaryl/α,β-unsaturated/α-hetero) is 1. The lowest BCUT2D eigenvalue weighted by atomic mass is 10.1. The van der Waals surface area contributed by atoms with E-state index in [2.05, 4.69) is 19.9 Å². The fourth-order valence-electron chi connectivity index (χ4n) is 3.51. The number of allylic oxidation sites excluding steroid dienone is 5. The minimum atomic E-state index is -0.376. The van der Waals surface area contributed by atoms with Gasteiger partial charge in [-0.3, -0.25) is 9.59 Å². The summed E-state index contributed by atoms with van der Waals surface area (Å²) >= 11 is 0. The predicted octanol–water partition coefficient (Wildman–Crippen LogP) is 4.39. The van der Waals surface area contributed by atoms with Crippen LogP contribution in [0.5, 0.6) is 0 Å². The Labute approximate surface area is 139 Å². The summed E-state index contributed by atoms with van der Waals surface area (Å²) in [6, 6.07) is 0. The molecule has 0 aliphatic heterocycles.